The van der Waals surface area contributed by atoms with Gasteiger partial charge in [-0.05, 0) is 12.1 Å². The topological polar surface area (TPSA) is 72.7 Å². The Balaban J connectivity index is 3.14. The normalized spacial score (nSPS) is 10.1. The smallest absolute Gasteiger partial charge is 0.293 e. The number of ether oxygens (including phenoxy) is 1. The summed E-state index contributed by atoms with van der Waals surface area (Å²) in [5.41, 5.74) is 0.103. The molecule has 6 nitrogen and oxygen atoms in total. The van der Waals surface area contributed by atoms with Crippen LogP contribution in [0.3, 0.4) is 0 Å². The largest absolute Gasteiger partial charge is 0.375 e. The molecule has 0 saturated heterocycles. The second-order valence-electron chi connectivity index (χ2n) is 3.28. The fourth-order valence-corrected chi connectivity index (χ4v) is 1.62. The molecular formula is C10H11BrN2O4. The number of anilines is 1. The van der Waals surface area contributed by atoms with E-state index in [1.807, 2.05) is 0 Å². The van der Waals surface area contributed by atoms with E-state index in [0.717, 1.165) is 0 Å². The van der Waals surface area contributed by atoms with E-state index in [1.165, 1.54) is 31.2 Å². The molecule has 1 amide bonds. The van der Waals surface area contributed by atoms with Gasteiger partial charge >= 0.3 is 0 Å². The Hall–Kier alpha value is -1.47. The third kappa shape index (κ3) is 3.24. The summed E-state index contributed by atoms with van der Waals surface area (Å²) in [4.78, 5) is 23.1. The number of methoxy groups -OCH3 is 1. The second kappa shape index (κ2) is 5.74. The molecule has 0 aromatic heterocycles. The van der Waals surface area contributed by atoms with Crippen LogP contribution in [0.25, 0.3) is 0 Å². The fraction of sp³-hybridized carbons (Fsp3) is 0.300. The predicted octanol–water partition coefficient (Wildman–Crippen LogP) is 1.97. The average Bonchev–Trinajstić information content (AvgIpc) is 2.27. The van der Waals surface area contributed by atoms with Gasteiger partial charge in [-0.3, -0.25) is 14.9 Å². The van der Waals surface area contributed by atoms with E-state index in [9.17, 15) is 14.9 Å². The second-order valence-corrected chi connectivity index (χ2v) is 4.19. The van der Waals surface area contributed by atoms with Crippen LogP contribution in [0.15, 0.2) is 22.7 Å². The number of halogens is 1. The highest BCUT2D eigenvalue weighted by molar-refractivity contribution is 9.10. The lowest BCUT2D eigenvalue weighted by molar-refractivity contribution is -0.384. The van der Waals surface area contributed by atoms with E-state index in [4.69, 9.17) is 4.74 Å². The maximum atomic E-state index is 11.6. The summed E-state index contributed by atoms with van der Waals surface area (Å²) in [6.45, 7) is -0.125. The predicted molar refractivity (Wildman–Crippen MR) is 66.1 cm³/mol. The summed E-state index contributed by atoms with van der Waals surface area (Å²) >= 11 is 3.21. The van der Waals surface area contributed by atoms with Gasteiger partial charge in [0.2, 0.25) is 0 Å². The van der Waals surface area contributed by atoms with Gasteiger partial charge in [-0.15, -0.1) is 0 Å². The molecule has 1 rings (SSSR count). The molecule has 0 aliphatic heterocycles. The molecule has 0 fully saturated rings. The van der Waals surface area contributed by atoms with Crippen molar-refractivity contribution in [2.24, 2.45) is 0 Å². The highest BCUT2D eigenvalue weighted by atomic mass is 79.9. The molecule has 1 aromatic rings. The zero-order chi connectivity index (χ0) is 13.0. The van der Waals surface area contributed by atoms with Gasteiger partial charge in [0, 0.05) is 24.7 Å². The molecule has 17 heavy (non-hydrogen) atoms. The Bertz CT molecular complexity index is 450. The van der Waals surface area contributed by atoms with E-state index in [-0.39, 0.29) is 23.9 Å². The first-order valence-corrected chi connectivity index (χ1v) is 5.46. The first kappa shape index (κ1) is 13.6. The molecular weight excluding hydrogens is 292 g/mol. The van der Waals surface area contributed by atoms with Crippen LogP contribution in [0.5, 0.6) is 0 Å². The number of carbonyl (C=O) groups is 1. The Morgan fingerprint density at radius 2 is 2.24 bits per heavy atom. The number of nitro benzene ring substituents is 1. The van der Waals surface area contributed by atoms with Gasteiger partial charge in [0.1, 0.15) is 12.3 Å². The zero-order valence-electron chi connectivity index (χ0n) is 9.34. The molecule has 0 aliphatic rings. The summed E-state index contributed by atoms with van der Waals surface area (Å²) in [6.07, 6.45) is 0. The SMILES string of the molecule is COCC(=O)N(C)c1cc(Br)ccc1[N+](=O)[O-]. The zero-order valence-corrected chi connectivity index (χ0v) is 10.9. The van der Waals surface area contributed by atoms with Crippen molar-refractivity contribution in [2.45, 2.75) is 0 Å². The molecule has 7 heteroatoms. The number of nitro groups is 1. The van der Waals surface area contributed by atoms with Crippen molar-refractivity contribution in [1.82, 2.24) is 0 Å². The summed E-state index contributed by atoms with van der Waals surface area (Å²) in [5.74, 6) is -0.353. The minimum Gasteiger partial charge on any atom is -0.375 e. The van der Waals surface area contributed by atoms with Crippen molar-refractivity contribution in [3.8, 4) is 0 Å². The Labute approximate surface area is 106 Å². The number of hydrogen-bond donors (Lipinski definition) is 0. The fourth-order valence-electron chi connectivity index (χ4n) is 1.27. The van der Waals surface area contributed by atoms with Crippen LogP contribution in [0, 0.1) is 10.1 Å². The van der Waals surface area contributed by atoms with Crippen LogP contribution in [0.1, 0.15) is 0 Å². The van der Waals surface area contributed by atoms with Crippen LogP contribution in [0.2, 0.25) is 0 Å². The Kier molecular flexibility index (Phi) is 4.59. The molecule has 92 valence electrons. The summed E-state index contributed by atoms with van der Waals surface area (Å²) in [5, 5.41) is 10.8. The molecule has 1 aromatic carbocycles. The Morgan fingerprint density at radius 1 is 1.59 bits per heavy atom. The molecule has 0 saturated carbocycles. The number of carbonyl (C=O) groups excluding carboxylic acids is 1. The number of nitrogens with zero attached hydrogens (tertiary/aromatic N) is 2. The van der Waals surface area contributed by atoms with Crippen LogP contribution in [-0.2, 0) is 9.53 Å². The monoisotopic (exact) mass is 302 g/mol. The third-order valence-electron chi connectivity index (χ3n) is 2.14. The van der Waals surface area contributed by atoms with Crippen molar-refractivity contribution >= 4 is 33.2 Å². The lowest BCUT2D eigenvalue weighted by atomic mass is 10.2. The van der Waals surface area contributed by atoms with Crippen molar-refractivity contribution < 1.29 is 14.5 Å². The summed E-state index contributed by atoms with van der Waals surface area (Å²) in [6, 6.07) is 4.41. The van der Waals surface area contributed by atoms with E-state index in [2.05, 4.69) is 15.9 Å². The van der Waals surface area contributed by atoms with Crippen molar-refractivity contribution in [3.63, 3.8) is 0 Å². The van der Waals surface area contributed by atoms with Gasteiger partial charge in [0.25, 0.3) is 11.6 Å². The molecule has 0 bridgehead atoms. The van der Waals surface area contributed by atoms with Gasteiger partial charge in [0.15, 0.2) is 0 Å². The molecule has 0 unspecified atom stereocenters. The molecule has 0 spiro atoms. The number of rotatable bonds is 4. The van der Waals surface area contributed by atoms with Crippen LogP contribution < -0.4 is 4.90 Å². The van der Waals surface area contributed by atoms with Crippen LogP contribution >= 0.6 is 15.9 Å². The number of hydrogen-bond acceptors (Lipinski definition) is 4. The van der Waals surface area contributed by atoms with Crippen molar-refractivity contribution in [3.05, 3.63) is 32.8 Å². The molecule has 0 aliphatic carbocycles. The standard InChI is InChI=1S/C10H11BrN2O4/c1-12(10(14)6-17-2)9-5-7(11)3-4-8(9)13(15)16/h3-5H,6H2,1-2H3. The molecule has 0 heterocycles. The van der Waals surface area contributed by atoms with E-state index in [0.29, 0.717) is 4.47 Å². The first-order chi connectivity index (χ1) is 7.97. The van der Waals surface area contributed by atoms with Gasteiger partial charge in [-0.2, -0.15) is 0 Å². The molecule has 0 atom stereocenters. The first-order valence-electron chi connectivity index (χ1n) is 4.66. The molecule has 0 N–H and O–H groups in total. The number of likely N-dealkylation sites (N-methyl/N-ethyl adjacent to an activating group) is 1. The maximum Gasteiger partial charge on any atom is 0.293 e. The lowest BCUT2D eigenvalue weighted by Crippen LogP contribution is -2.30. The highest BCUT2D eigenvalue weighted by Crippen LogP contribution is 2.30. The van der Waals surface area contributed by atoms with Crippen molar-refractivity contribution in [1.29, 1.82) is 0 Å². The lowest BCUT2D eigenvalue weighted by Gasteiger charge is -2.16. The quantitative estimate of drug-likeness (QED) is 0.629. The van der Waals surface area contributed by atoms with Gasteiger partial charge in [-0.25, -0.2) is 0 Å². The van der Waals surface area contributed by atoms with Gasteiger partial charge in [-0.1, -0.05) is 15.9 Å². The van der Waals surface area contributed by atoms with E-state index < -0.39 is 4.92 Å². The Morgan fingerprint density at radius 3 is 2.76 bits per heavy atom. The third-order valence-corrected chi connectivity index (χ3v) is 2.63. The number of amides is 1. The van der Waals surface area contributed by atoms with Gasteiger partial charge in [0.05, 0.1) is 4.92 Å². The highest BCUT2D eigenvalue weighted by Gasteiger charge is 2.21. The minimum absolute atomic E-state index is 0.125. The van der Waals surface area contributed by atoms with Crippen molar-refractivity contribution in [2.75, 3.05) is 25.7 Å². The minimum atomic E-state index is -0.529. The van der Waals surface area contributed by atoms with E-state index >= 15 is 0 Å². The van der Waals surface area contributed by atoms with Gasteiger partial charge < -0.3 is 9.64 Å². The average molecular weight is 303 g/mol. The van der Waals surface area contributed by atoms with Crippen LogP contribution in [-0.4, -0.2) is 31.6 Å². The summed E-state index contributed by atoms with van der Waals surface area (Å²) in [7, 11) is 2.86. The summed E-state index contributed by atoms with van der Waals surface area (Å²) < 4.78 is 5.37. The maximum absolute atomic E-state index is 11.6. The molecule has 0 radical (unpaired) electrons. The number of benzene rings is 1. The van der Waals surface area contributed by atoms with E-state index in [1.54, 1.807) is 6.07 Å². The van der Waals surface area contributed by atoms with Crippen LogP contribution in [0.4, 0.5) is 11.4 Å².